The van der Waals surface area contributed by atoms with Crippen molar-refractivity contribution in [2.24, 2.45) is 5.41 Å². The molecule has 0 spiro atoms. The lowest BCUT2D eigenvalue weighted by Gasteiger charge is -2.59. The first-order valence-electron chi connectivity index (χ1n) is 8.41. The number of aromatic nitrogens is 1. The predicted octanol–water partition coefficient (Wildman–Crippen LogP) is 2.89. The second kappa shape index (κ2) is 7.00. The fraction of sp³-hybridized carbons (Fsp3) is 0.611. The summed E-state index contributed by atoms with van der Waals surface area (Å²) in [6.45, 7) is 9.96. The van der Waals surface area contributed by atoms with E-state index in [1.165, 1.54) is 6.20 Å². The van der Waals surface area contributed by atoms with Crippen LogP contribution in [0.1, 0.15) is 50.2 Å². The van der Waals surface area contributed by atoms with Gasteiger partial charge in [-0.25, -0.2) is 9.59 Å². The average molecular weight is 349 g/mol. The molecule has 0 saturated heterocycles. The highest BCUT2D eigenvalue weighted by molar-refractivity contribution is 5.94. The van der Waals surface area contributed by atoms with Gasteiger partial charge in [-0.3, -0.25) is 4.98 Å². The maximum Gasteiger partial charge on any atom is 0.339 e. The van der Waals surface area contributed by atoms with E-state index in [1.807, 2.05) is 6.92 Å². The summed E-state index contributed by atoms with van der Waals surface area (Å²) in [5.74, 6) is -0.463. The van der Waals surface area contributed by atoms with Crippen LogP contribution in [0.15, 0.2) is 12.3 Å². The van der Waals surface area contributed by atoms with Crippen molar-refractivity contribution < 1.29 is 19.1 Å². The van der Waals surface area contributed by atoms with Crippen LogP contribution in [-0.2, 0) is 9.47 Å². The summed E-state index contributed by atoms with van der Waals surface area (Å²) in [7, 11) is 1.69. The maximum absolute atomic E-state index is 12.4. The molecule has 1 aliphatic carbocycles. The number of methoxy groups -OCH3 is 1. The van der Waals surface area contributed by atoms with Gasteiger partial charge in [0.15, 0.2) is 0 Å². The van der Waals surface area contributed by atoms with Crippen LogP contribution in [0.2, 0.25) is 0 Å². The molecule has 1 saturated carbocycles. The highest BCUT2D eigenvalue weighted by Crippen LogP contribution is 2.51. The van der Waals surface area contributed by atoms with Crippen molar-refractivity contribution in [1.29, 1.82) is 0 Å². The van der Waals surface area contributed by atoms with Crippen molar-refractivity contribution in [3.63, 3.8) is 0 Å². The molecule has 2 atom stereocenters. The van der Waals surface area contributed by atoms with Gasteiger partial charge in [0.1, 0.15) is 0 Å². The molecule has 0 aromatic carbocycles. The van der Waals surface area contributed by atoms with Crippen LogP contribution in [0.5, 0.6) is 0 Å². The molecule has 25 heavy (non-hydrogen) atoms. The number of esters is 1. The van der Waals surface area contributed by atoms with Crippen molar-refractivity contribution >= 4 is 17.7 Å². The Labute approximate surface area is 148 Å². The van der Waals surface area contributed by atoms with Crippen LogP contribution in [0.25, 0.3) is 0 Å². The van der Waals surface area contributed by atoms with Gasteiger partial charge < -0.3 is 20.1 Å². The van der Waals surface area contributed by atoms with E-state index in [1.54, 1.807) is 27.0 Å². The van der Waals surface area contributed by atoms with Gasteiger partial charge in [0, 0.05) is 24.8 Å². The van der Waals surface area contributed by atoms with E-state index in [9.17, 15) is 9.59 Å². The molecule has 0 bridgehead atoms. The van der Waals surface area contributed by atoms with Crippen molar-refractivity contribution in [2.45, 2.75) is 52.7 Å². The minimum absolute atomic E-state index is 0.000968. The SMILES string of the molecule is CCOC(=O)c1cnc(C)c(NC(=O)N[C@@H]2C[C@@](C)(OC)C2(C)C)c1. The summed E-state index contributed by atoms with van der Waals surface area (Å²) >= 11 is 0. The van der Waals surface area contributed by atoms with E-state index in [-0.39, 0.29) is 29.7 Å². The van der Waals surface area contributed by atoms with Gasteiger partial charge in [-0.2, -0.15) is 0 Å². The van der Waals surface area contributed by atoms with Gasteiger partial charge >= 0.3 is 12.0 Å². The summed E-state index contributed by atoms with van der Waals surface area (Å²) in [6, 6.07) is 1.24. The lowest BCUT2D eigenvalue weighted by Crippen LogP contribution is -2.68. The quantitative estimate of drug-likeness (QED) is 0.798. The van der Waals surface area contributed by atoms with Gasteiger partial charge in [-0.15, -0.1) is 0 Å². The highest BCUT2D eigenvalue weighted by Gasteiger charge is 2.58. The van der Waals surface area contributed by atoms with E-state index < -0.39 is 5.97 Å². The zero-order chi connectivity index (χ0) is 18.8. The number of nitrogens with one attached hydrogen (secondary N) is 2. The Kier molecular flexibility index (Phi) is 5.37. The topological polar surface area (TPSA) is 89.5 Å². The van der Waals surface area contributed by atoms with Crippen LogP contribution >= 0.6 is 0 Å². The Balaban J connectivity index is 2.04. The van der Waals surface area contributed by atoms with Crippen molar-refractivity contribution in [1.82, 2.24) is 10.3 Å². The first-order valence-corrected chi connectivity index (χ1v) is 8.41. The summed E-state index contributed by atoms with van der Waals surface area (Å²) in [6.07, 6.45) is 2.18. The molecule has 1 aromatic heterocycles. The number of anilines is 1. The number of hydrogen-bond donors (Lipinski definition) is 2. The number of ether oxygens (including phenoxy) is 2. The Morgan fingerprint density at radius 1 is 1.36 bits per heavy atom. The monoisotopic (exact) mass is 349 g/mol. The van der Waals surface area contributed by atoms with Gasteiger partial charge in [-0.1, -0.05) is 13.8 Å². The zero-order valence-corrected chi connectivity index (χ0v) is 15.7. The fourth-order valence-corrected chi connectivity index (χ4v) is 3.03. The molecule has 2 N–H and O–H groups in total. The number of hydrogen-bond acceptors (Lipinski definition) is 5. The molecule has 1 heterocycles. The summed E-state index contributed by atoms with van der Waals surface area (Å²) in [5, 5.41) is 5.74. The molecule has 1 fully saturated rings. The molecule has 2 amide bonds. The molecule has 7 nitrogen and oxygen atoms in total. The molecular formula is C18H27N3O4. The molecule has 1 aliphatic rings. The van der Waals surface area contributed by atoms with E-state index in [2.05, 4.69) is 29.5 Å². The minimum Gasteiger partial charge on any atom is -0.462 e. The first-order chi connectivity index (χ1) is 11.6. The van der Waals surface area contributed by atoms with Crippen LogP contribution in [0, 0.1) is 12.3 Å². The fourth-order valence-electron chi connectivity index (χ4n) is 3.03. The van der Waals surface area contributed by atoms with E-state index in [0.29, 0.717) is 16.9 Å². The van der Waals surface area contributed by atoms with Crippen molar-refractivity contribution in [3.05, 3.63) is 23.5 Å². The molecule has 2 rings (SSSR count). The molecular weight excluding hydrogens is 322 g/mol. The van der Waals surface area contributed by atoms with E-state index in [4.69, 9.17) is 9.47 Å². The second-order valence-electron chi connectivity index (χ2n) is 7.09. The Hall–Kier alpha value is -2.15. The lowest BCUT2D eigenvalue weighted by atomic mass is 9.56. The maximum atomic E-state index is 12.4. The third-order valence-electron chi connectivity index (χ3n) is 5.43. The standard InChI is InChI=1S/C18H27N3O4/c1-7-25-15(22)12-8-13(11(2)19-10-12)20-16(23)21-14-9-18(5,24-6)17(14,3)4/h8,10,14H,7,9H2,1-6H3,(H2,20,21,23)/t14-,18-/m1/s1. The smallest absolute Gasteiger partial charge is 0.339 e. The number of amides is 2. The lowest BCUT2D eigenvalue weighted by molar-refractivity contribution is -0.177. The number of nitrogens with zero attached hydrogens (tertiary/aromatic N) is 1. The zero-order valence-electron chi connectivity index (χ0n) is 15.7. The minimum atomic E-state index is -0.463. The second-order valence-corrected chi connectivity index (χ2v) is 7.09. The predicted molar refractivity (Wildman–Crippen MR) is 94.7 cm³/mol. The number of urea groups is 1. The average Bonchev–Trinajstić information content (AvgIpc) is 2.56. The Morgan fingerprint density at radius 3 is 2.60 bits per heavy atom. The van der Waals surface area contributed by atoms with Gasteiger partial charge in [0.25, 0.3) is 0 Å². The molecule has 0 unspecified atom stereocenters. The molecule has 0 radical (unpaired) electrons. The molecule has 0 aliphatic heterocycles. The molecule has 7 heteroatoms. The van der Waals surface area contributed by atoms with Crippen LogP contribution in [0.4, 0.5) is 10.5 Å². The largest absolute Gasteiger partial charge is 0.462 e. The van der Waals surface area contributed by atoms with Crippen LogP contribution in [-0.4, -0.2) is 42.3 Å². The van der Waals surface area contributed by atoms with Gasteiger partial charge in [0.05, 0.1) is 29.2 Å². The summed E-state index contributed by atoms with van der Waals surface area (Å²) in [4.78, 5) is 28.3. The van der Waals surface area contributed by atoms with E-state index >= 15 is 0 Å². The number of aryl methyl sites for hydroxylation is 1. The van der Waals surface area contributed by atoms with Gasteiger partial charge in [0.2, 0.25) is 0 Å². The first kappa shape index (κ1) is 19.2. The van der Waals surface area contributed by atoms with Crippen molar-refractivity contribution in [2.75, 3.05) is 19.0 Å². The number of rotatable bonds is 5. The Bertz CT molecular complexity index is 674. The Morgan fingerprint density at radius 2 is 2.04 bits per heavy atom. The third kappa shape index (κ3) is 3.61. The number of pyridine rings is 1. The van der Waals surface area contributed by atoms with E-state index in [0.717, 1.165) is 6.42 Å². The normalized spacial score (nSPS) is 24.2. The van der Waals surface area contributed by atoms with Crippen LogP contribution in [0.3, 0.4) is 0 Å². The van der Waals surface area contributed by atoms with Gasteiger partial charge in [-0.05, 0) is 33.3 Å². The van der Waals surface area contributed by atoms with Crippen molar-refractivity contribution in [3.8, 4) is 0 Å². The third-order valence-corrected chi connectivity index (χ3v) is 5.43. The molecule has 138 valence electrons. The summed E-state index contributed by atoms with van der Waals surface area (Å²) in [5.41, 5.74) is 0.969. The van der Waals surface area contributed by atoms with Crippen LogP contribution < -0.4 is 10.6 Å². The highest BCUT2D eigenvalue weighted by atomic mass is 16.5. The molecule has 1 aromatic rings. The number of carbonyl (C=O) groups is 2. The summed E-state index contributed by atoms with van der Waals surface area (Å²) < 4.78 is 10.5. The number of carbonyl (C=O) groups excluding carboxylic acids is 2.